The number of hydrogen-bond acceptors (Lipinski definition) is 3. The Labute approximate surface area is 162 Å². The second-order valence-corrected chi connectivity index (χ2v) is 9.67. The van der Waals surface area contributed by atoms with Crippen LogP contribution >= 0.6 is 0 Å². The van der Waals surface area contributed by atoms with E-state index in [1.807, 2.05) is 0 Å². The molecule has 2 spiro atoms. The van der Waals surface area contributed by atoms with E-state index in [-0.39, 0.29) is 5.92 Å². The Morgan fingerprint density at radius 2 is 1.64 bits per heavy atom. The lowest BCUT2D eigenvalue weighted by atomic mass is 9.77. The number of rotatable bonds is 1. The summed E-state index contributed by atoms with van der Waals surface area (Å²) in [5, 5.41) is 0. The third-order valence-corrected chi connectivity index (χ3v) is 8.21. The van der Waals surface area contributed by atoms with Crippen molar-refractivity contribution in [2.45, 2.75) is 75.0 Å². The molecule has 7 rings (SSSR count). The van der Waals surface area contributed by atoms with E-state index in [0.717, 1.165) is 43.1 Å². The van der Waals surface area contributed by atoms with Gasteiger partial charge in [0.1, 0.15) is 0 Å². The fourth-order valence-electron chi connectivity index (χ4n) is 6.96. The van der Waals surface area contributed by atoms with Gasteiger partial charge in [0.05, 0.1) is 5.56 Å². The van der Waals surface area contributed by atoms with Crippen LogP contribution in [-0.2, 0) is 20.7 Å². The molecule has 1 aromatic carbocycles. The molecule has 0 radical (unpaired) electrons. The molecule has 5 saturated carbocycles. The van der Waals surface area contributed by atoms with Crippen LogP contribution in [0.3, 0.4) is 0 Å². The maximum absolute atomic E-state index is 12.8. The van der Waals surface area contributed by atoms with E-state index in [1.165, 1.54) is 37.8 Å². The van der Waals surface area contributed by atoms with Gasteiger partial charge >= 0.3 is 6.18 Å². The van der Waals surface area contributed by atoms with Gasteiger partial charge < -0.3 is 4.74 Å². The van der Waals surface area contributed by atoms with Crippen LogP contribution in [-0.4, -0.2) is 11.6 Å². The third kappa shape index (κ3) is 2.47. The molecule has 6 heteroatoms. The molecule has 5 aliphatic carbocycles. The van der Waals surface area contributed by atoms with Crippen molar-refractivity contribution in [3.63, 3.8) is 0 Å². The molecule has 0 aromatic heterocycles. The fourth-order valence-corrected chi connectivity index (χ4v) is 6.96. The van der Waals surface area contributed by atoms with Gasteiger partial charge in [-0.2, -0.15) is 22.9 Å². The molecule has 0 N–H and O–H groups in total. The lowest BCUT2D eigenvalue weighted by Crippen LogP contribution is -2.47. The number of hydrogen-bond donors (Lipinski definition) is 0. The highest BCUT2D eigenvalue weighted by Crippen LogP contribution is 2.67. The van der Waals surface area contributed by atoms with Crippen molar-refractivity contribution in [3.05, 3.63) is 35.4 Å². The normalized spacial score (nSPS) is 46.9. The number of ether oxygens (including phenoxy) is 1. The standard InChI is InChI=1S/C22H25F3O3/c23-22(24,25)17-3-1-14(2-4-17)15-5-7-20(8-6-15)26-21(28-27-20)18-10-13-9-16(12-18)19(21)11-13/h1-4,13,15-16,18-19H,5-12H2. The summed E-state index contributed by atoms with van der Waals surface area (Å²) in [5.74, 6) is 1.56. The van der Waals surface area contributed by atoms with Crippen LogP contribution in [0.15, 0.2) is 24.3 Å². The van der Waals surface area contributed by atoms with Gasteiger partial charge in [-0.15, -0.1) is 0 Å². The molecule has 1 aliphatic heterocycles. The minimum Gasteiger partial charge on any atom is -0.312 e. The summed E-state index contributed by atoms with van der Waals surface area (Å²) in [5.41, 5.74) is 0.377. The molecule has 5 atom stereocenters. The molecule has 1 aromatic rings. The van der Waals surface area contributed by atoms with Gasteiger partial charge in [-0.25, -0.2) is 0 Å². The van der Waals surface area contributed by atoms with Crippen LogP contribution in [0.4, 0.5) is 13.2 Å². The third-order valence-electron chi connectivity index (χ3n) is 8.21. The Balaban J connectivity index is 1.15. The average Bonchev–Trinajstić information content (AvgIpc) is 3.25. The Morgan fingerprint density at radius 1 is 0.893 bits per heavy atom. The minimum atomic E-state index is -4.29. The van der Waals surface area contributed by atoms with Crippen LogP contribution in [0, 0.1) is 23.7 Å². The van der Waals surface area contributed by atoms with Crippen molar-refractivity contribution in [2.75, 3.05) is 0 Å². The van der Waals surface area contributed by atoms with Crippen molar-refractivity contribution in [2.24, 2.45) is 23.7 Å². The van der Waals surface area contributed by atoms with E-state index in [0.29, 0.717) is 11.8 Å². The van der Waals surface area contributed by atoms with Crippen LogP contribution in [0.1, 0.15) is 68.4 Å². The maximum Gasteiger partial charge on any atom is 0.416 e. The SMILES string of the molecule is FC(F)(F)c1ccc(C2CCC3(CC2)OOC2(O3)C3CC4CC(C3)C2C4)cc1. The molecular formula is C22H25F3O3. The van der Waals surface area contributed by atoms with Gasteiger partial charge in [0.15, 0.2) is 0 Å². The molecule has 6 aliphatic rings. The molecule has 6 fully saturated rings. The molecule has 1 saturated heterocycles. The Morgan fingerprint density at radius 3 is 2.32 bits per heavy atom. The number of alkyl halides is 3. The molecular weight excluding hydrogens is 369 g/mol. The van der Waals surface area contributed by atoms with Crippen molar-refractivity contribution >= 4 is 0 Å². The Hall–Kier alpha value is -1.11. The summed E-state index contributed by atoms with van der Waals surface area (Å²) in [4.78, 5) is 11.9. The van der Waals surface area contributed by atoms with Gasteiger partial charge in [-0.05, 0) is 74.0 Å². The molecule has 4 bridgehead atoms. The van der Waals surface area contributed by atoms with Crippen LogP contribution in [0.2, 0.25) is 0 Å². The second-order valence-electron chi connectivity index (χ2n) is 9.67. The number of halogens is 3. The van der Waals surface area contributed by atoms with Gasteiger partial charge in [0.25, 0.3) is 0 Å². The van der Waals surface area contributed by atoms with Crippen LogP contribution < -0.4 is 0 Å². The van der Waals surface area contributed by atoms with Crippen molar-refractivity contribution in [1.29, 1.82) is 0 Å². The topological polar surface area (TPSA) is 27.7 Å². The van der Waals surface area contributed by atoms with E-state index in [1.54, 1.807) is 12.1 Å². The summed E-state index contributed by atoms with van der Waals surface area (Å²) in [6, 6.07) is 5.61. The van der Waals surface area contributed by atoms with E-state index in [9.17, 15) is 13.2 Å². The summed E-state index contributed by atoms with van der Waals surface area (Å²) < 4.78 is 45.0. The highest BCUT2D eigenvalue weighted by molar-refractivity contribution is 5.27. The first-order valence-electron chi connectivity index (χ1n) is 10.6. The molecule has 1 heterocycles. The molecule has 0 amide bonds. The van der Waals surface area contributed by atoms with Crippen LogP contribution in [0.25, 0.3) is 0 Å². The average molecular weight is 394 g/mol. The zero-order valence-electron chi connectivity index (χ0n) is 15.7. The fraction of sp³-hybridized carbons (Fsp3) is 0.727. The first kappa shape index (κ1) is 17.7. The first-order chi connectivity index (χ1) is 13.4. The monoisotopic (exact) mass is 394 g/mol. The zero-order chi connectivity index (χ0) is 19.1. The summed E-state index contributed by atoms with van der Waals surface area (Å²) in [6.45, 7) is 0. The smallest absolute Gasteiger partial charge is 0.312 e. The summed E-state index contributed by atoms with van der Waals surface area (Å²) in [6.07, 6.45) is 3.77. The largest absolute Gasteiger partial charge is 0.416 e. The molecule has 5 unspecified atom stereocenters. The lowest BCUT2D eigenvalue weighted by Gasteiger charge is -2.40. The van der Waals surface area contributed by atoms with Crippen LogP contribution in [0.5, 0.6) is 0 Å². The van der Waals surface area contributed by atoms with E-state index < -0.39 is 23.3 Å². The van der Waals surface area contributed by atoms with Gasteiger partial charge in [-0.1, -0.05) is 12.1 Å². The predicted octanol–water partition coefficient (Wildman–Crippen LogP) is 5.80. The van der Waals surface area contributed by atoms with E-state index in [2.05, 4.69) is 0 Å². The molecule has 3 nitrogen and oxygen atoms in total. The maximum atomic E-state index is 12.8. The van der Waals surface area contributed by atoms with Crippen molar-refractivity contribution < 1.29 is 27.7 Å². The summed E-state index contributed by atoms with van der Waals surface area (Å²) >= 11 is 0. The second kappa shape index (κ2) is 5.73. The van der Waals surface area contributed by atoms with Gasteiger partial charge in [-0.3, -0.25) is 0 Å². The zero-order valence-corrected chi connectivity index (χ0v) is 15.7. The predicted molar refractivity (Wildman–Crippen MR) is 93.8 cm³/mol. The highest BCUT2D eigenvalue weighted by atomic mass is 19.4. The van der Waals surface area contributed by atoms with Gasteiger partial charge in [0.2, 0.25) is 11.6 Å². The summed E-state index contributed by atoms with van der Waals surface area (Å²) in [7, 11) is 0. The Kier molecular flexibility index (Phi) is 3.63. The number of benzene rings is 1. The quantitative estimate of drug-likeness (QED) is 0.564. The molecule has 152 valence electrons. The minimum absolute atomic E-state index is 0.243. The highest BCUT2D eigenvalue weighted by Gasteiger charge is 2.70. The van der Waals surface area contributed by atoms with Crippen molar-refractivity contribution in [3.8, 4) is 0 Å². The Bertz CT molecular complexity index is 764. The van der Waals surface area contributed by atoms with E-state index in [4.69, 9.17) is 14.5 Å². The molecule has 28 heavy (non-hydrogen) atoms. The van der Waals surface area contributed by atoms with E-state index >= 15 is 0 Å². The first-order valence-corrected chi connectivity index (χ1v) is 10.6. The van der Waals surface area contributed by atoms with Gasteiger partial charge in [0, 0.05) is 24.7 Å². The van der Waals surface area contributed by atoms with Crippen molar-refractivity contribution in [1.82, 2.24) is 0 Å². The lowest BCUT2D eigenvalue weighted by molar-refractivity contribution is -0.370.